The molecular formula is C22H17FN4O4S. The number of rotatable bonds is 5. The molecule has 0 unspecified atom stereocenters. The molecule has 162 valence electrons. The lowest BCUT2D eigenvalue weighted by Gasteiger charge is -2.10. The van der Waals surface area contributed by atoms with Crippen LogP contribution in [0.25, 0.3) is 21.5 Å². The number of hydrogen-bond acceptors (Lipinski definition) is 7. The van der Waals surface area contributed by atoms with Gasteiger partial charge in [-0.3, -0.25) is 9.59 Å². The van der Waals surface area contributed by atoms with Crippen molar-refractivity contribution in [2.24, 2.45) is 0 Å². The number of carbonyl (C=O) groups excluding carboxylic acids is 2. The largest absolute Gasteiger partial charge is 0.465 e. The van der Waals surface area contributed by atoms with Crippen LogP contribution in [0.2, 0.25) is 0 Å². The first-order valence-corrected chi connectivity index (χ1v) is 10.3. The van der Waals surface area contributed by atoms with Crippen LogP contribution in [0.15, 0.2) is 53.3 Å². The van der Waals surface area contributed by atoms with Gasteiger partial charge in [0.25, 0.3) is 5.56 Å². The first-order chi connectivity index (χ1) is 15.4. The highest BCUT2D eigenvalue weighted by atomic mass is 32.1. The lowest BCUT2D eigenvalue weighted by atomic mass is 10.1. The van der Waals surface area contributed by atoms with Gasteiger partial charge in [-0.1, -0.05) is 0 Å². The summed E-state index contributed by atoms with van der Waals surface area (Å²) in [5.74, 6) is -1.36. The molecule has 1 amide bonds. The van der Waals surface area contributed by atoms with Crippen molar-refractivity contribution in [3.05, 3.63) is 75.3 Å². The molecule has 0 fully saturated rings. The molecule has 4 aromatic rings. The predicted octanol–water partition coefficient (Wildman–Crippen LogP) is 3.39. The lowest BCUT2D eigenvalue weighted by molar-refractivity contribution is -0.117. The Hall–Kier alpha value is -3.92. The minimum Gasteiger partial charge on any atom is -0.465 e. The van der Waals surface area contributed by atoms with Crippen LogP contribution in [0.5, 0.6) is 0 Å². The Morgan fingerprint density at radius 3 is 2.47 bits per heavy atom. The summed E-state index contributed by atoms with van der Waals surface area (Å²) < 4.78 is 19.6. The second kappa shape index (κ2) is 8.67. The van der Waals surface area contributed by atoms with Gasteiger partial charge in [-0.15, -0.1) is 11.3 Å². The summed E-state index contributed by atoms with van der Waals surface area (Å²) in [6.45, 7) is 1.42. The van der Waals surface area contributed by atoms with Gasteiger partial charge >= 0.3 is 5.97 Å². The van der Waals surface area contributed by atoms with Gasteiger partial charge in [0.1, 0.15) is 18.1 Å². The number of fused-ring (bicyclic) bond motifs is 1. The predicted molar refractivity (Wildman–Crippen MR) is 118 cm³/mol. The fraction of sp³-hybridized carbons (Fsp3) is 0.136. The first kappa shape index (κ1) is 21.3. The van der Waals surface area contributed by atoms with E-state index in [9.17, 15) is 18.8 Å². The quantitative estimate of drug-likeness (QED) is 0.466. The molecule has 0 atom stereocenters. The standard InChI is InChI=1S/C22H17FN4O4S/c1-12-24-19-20(32-12)18(13-3-7-15(23)8-4-13)26-27(21(19)29)11-17(28)25-16-9-5-14(6-10-16)22(30)31-2/h3-10H,11H2,1-2H3,(H,25,28). The number of amides is 1. The summed E-state index contributed by atoms with van der Waals surface area (Å²) in [4.78, 5) is 41.3. The number of methoxy groups -OCH3 is 1. The molecule has 8 nitrogen and oxygen atoms in total. The maximum absolute atomic E-state index is 13.4. The van der Waals surface area contributed by atoms with Gasteiger partial charge in [0.05, 0.1) is 22.4 Å². The number of carbonyl (C=O) groups is 2. The number of nitrogens with zero attached hydrogens (tertiary/aromatic N) is 3. The molecule has 1 N–H and O–H groups in total. The van der Waals surface area contributed by atoms with E-state index in [1.807, 2.05) is 0 Å². The summed E-state index contributed by atoms with van der Waals surface area (Å²) in [6, 6.07) is 11.9. The molecule has 0 saturated heterocycles. The number of halogens is 1. The number of hydrogen-bond donors (Lipinski definition) is 1. The van der Waals surface area contributed by atoms with Crippen LogP contribution in [-0.4, -0.2) is 33.8 Å². The summed E-state index contributed by atoms with van der Waals surface area (Å²) in [6.07, 6.45) is 0. The van der Waals surface area contributed by atoms with E-state index in [0.717, 1.165) is 4.68 Å². The molecule has 0 aliphatic carbocycles. The van der Waals surface area contributed by atoms with Gasteiger partial charge < -0.3 is 10.1 Å². The zero-order chi connectivity index (χ0) is 22.8. The van der Waals surface area contributed by atoms with Gasteiger partial charge in [0.2, 0.25) is 5.91 Å². The molecule has 2 heterocycles. The molecule has 0 bridgehead atoms. The van der Waals surface area contributed by atoms with Crippen molar-refractivity contribution in [3.63, 3.8) is 0 Å². The van der Waals surface area contributed by atoms with Crippen molar-refractivity contribution in [2.75, 3.05) is 12.4 Å². The van der Waals surface area contributed by atoms with Crippen LogP contribution < -0.4 is 10.9 Å². The SMILES string of the molecule is COC(=O)c1ccc(NC(=O)Cn2nc(-c3ccc(F)cc3)c3sc(C)nc3c2=O)cc1. The fourth-order valence-electron chi connectivity index (χ4n) is 3.11. The highest BCUT2D eigenvalue weighted by Crippen LogP contribution is 2.29. The van der Waals surface area contributed by atoms with E-state index in [0.29, 0.717) is 32.2 Å². The topological polar surface area (TPSA) is 103 Å². The van der Waals surface area contributed by atoms with E-state index >= 15 is 0 Å². The summed E-state index contributed by atoms with van der Waals surface area (Å²) >= 11 is 1.31. The lowest BCUT2D eigenvalue weighted by Crippen LogP contribution is -2.30. The van der Waals surface area contributed by atoms with E-state index in [4.69, 9.17) is 0 Å². The average Bonchev–Trinajstić information content (AvgIpc) is 3.18. The molecule has 0 aliphatic heterocycles. The molecule has 0 aliphatic rings. The Balaban J connectivity index is 1.64. The molecule has 2 aromatic carbocycles. The molecule has 0 saturated carbocycles. The van der Waals surface area contributed by atoms with Crippen molar-refractivity contribution in [1.82, 2.24) is 14.8 Å². The Morgan fingerprint density at radius 1 is 1.12 bits per heavy atom. The van der Waals surface area contributed by atoms with Crippen LogP contribution in [0.3, 0.4) is 0 Å². The number of aromatic nitrogens is 3. The number of aryl methyl sites for hydroxylation is 1. The van der Waals surface area contributed by atoms with Crippen molar-refractivity contribution < 1.29 is 18.7 Å². The summed E-state index contributed by atoms with van der Waals surface area (Å²) in [5.41, 5.74) is 1.55. The van der Waals surface area contributed by atoms with Crippen LogP contribution in [-0.2, 0) is 16.1 Å². The third-order valence-corrected chi connectivity index (χ3v) is 5.59. The Kier molecular flexibility index (Phi) is 5.78. The van der Waals surface area contributed by atoms with Crippen molar-refractivity contribution in [2.45, 2.75) is 13.5 Å². The maximum atomic E-state index is 13.4. The highest BCUT2D eigenvalue weighted by molar-refractivity contribution is 7.19. The van der Waals surface area contributed by atoms with Crippen molar-refractivity contribution in [1.29, 1.82) is 0 Å². The molecule has 0 radical (unpaired) electrons. The van der Waals surface area contributed by atoms with Crippen LogP contribution in [0, 0.1) is 12.7 Å². The highest BCUT2D eigenvalue weighted by Gasteiger charge is 2.18. The van der Waals surface area contributed by atoms with Gasteiger partial charge in [0.15, 0.2) is 5.52 Å². The number of esters is 1. The molecule has 32 heavy (non-hydrogen) atoms. The van der Waals surface area contributed by atoms with Gasteiger partial charge in [-0.2, -0.15) is 5.10 Å². The maximum Gasteiger partial charge on any atom is 0.337 e. The van der Waals surface area contributed by atoms with Gasteiger partial charge in [0, 0.05) is 11.3 Å². The van der Waals surface area contributed by atoms with E-state index < -0.39 is 23.3 Å². The minimum absolute atomic E-state index is 0.206. The molecule has 4 rings (SSSR count). The second-order valence-electron chi connectivity index (χ2n) is 6.85. The third kappa shape index (κ3) is 4.26. The summed E-state index contributed by atoms with van der Waals surface area (Å²) in [5, 5.41) is 7.71. The first-order valence-electron chi connectivity index (χ1n) is 9.48. The Labute approximate surface area is 185 Å². The number of thiazole rings is 1. The second-order valence-corrected chi connectivity index (χ2v) is 8.05. The monoisotopic (exact) mass is 452 g/mol. The van der Waals surface area contributed by atoms with Crippen LogP contribution in [0.4, 0.5) is 10.1 Å². The van der Waals surface area contributed by atoms with Crippen molar-refractivity contribution >= 4 is 39.1 Å². The Morgan fingerprint density at radius 2 is 1.81 bits per heavy atom. The smallest absolute Gasteiger partial charge is 0.337 e. The molecule has 2 aromatic heterocycles. The van der Waals surface area contributed by atoms with Gasteiger partial charge in [-0.05, 0) is 55.5 Å². The molecular weight excluding hydrogens is 435 g/mol. The number of ether oxygens (including phenoxy) is 1. The van der Waals surface area contributed by atoms with Crippen LogP contribution >= 0.6 is 11.3 Å². The van der Waals surface area contributed by atoms with Crippen molar-refractivity contribution in [3.8, 4) is 11.3 Å². The van der Waals surface area contributed by atoms with E-state index in [1.165, 1.54) is 42.7 Å². The van der Waals surface area contributed by atoms with E-state index in [-0.39, 0.29) is 12.1 Å². The number of nitrogens with one attached hydrogen (secondary N) is 1. The zero-order valence-electron chi connectivity index (χ0n) is 17.1. The average molecular weight is 452 g/mol. The van der Waals surface area contributed by atoms with Crippen LogP contribution in [0.1, 0.15) is 15.4 Å². The number of anilines is 1. The van der Waals surface area contributed by atoms with E-state index in [1.54, 1.807) is 31.2 Å². The minimum atomic E-state index is -0.494. The van der Waals surface area contributed by atoms with Gasteiger partial charge in [-0.25, -0.2) is 18.9 Å². The molecule has 0 spiro atoms. The third-order valence-electron chi connectivity index (χ3n) is 4.61. The van der Waals surface area contributed by atoms with E-state index in [2.05, 4.69) is 20.1 Å². The normalized spacial score (nSPS) is 10.8. The fourth-order valence-corrected chi connectivity index (χ4v) is 4.03. The molecule has 10 heteroatoms. The Bertz CT molecular complexity index is 1380. The summed E-state index contributed by atoms with van der Waals surface area (Å²) in [7, 11) is 1.28. The number of benzene rings is 2. The zero-order valence-corrected chi connectivity index (χ0v) is 17.9.